The van der Waals surface area contributed by atoms with Crippen molar-refractivity contribution >= 4 is 23.2 Å². The van der Waals surface area contributed by atoms with Crippen molar-refractivity contribution in [3.8, 4) is 5.75 Å². The van der Waals surface area contributed by atoms with E-state index in [2.05, 4.69) is 10.3 Å². The Bertz CT molecular complexity index is 560. The molecule has 1 heterocycles. The number of hydrogen-bond donors (Lipinski definition) is 1. The van der Waals surface area contributed by atoms with Crippen LogP contribution in [-0.2, 0) is 4.79 Å². The second kappa shape index (κ2) is 6.20. The highest BCUT2D eigenvalue weighted by Crippen LogP contribution is 2.18. The van der Waals surface area contributed by atoms with Crippen LogP contribution < -0.4 is 10.1 Å². The second-order valence-corrected chi connectivity index (χ2v) is 4.26. The Morgan fingerprint density at radius 3 is 2.68 bits per heavy atom. The van der Waals surface area contributed by atoms with Gasteiger partial charge in [0.25, 0.3) is 5.91 Å². The summed E-state index contributed by atoms with van der Waals surface area (Å²) in [6.45, 7) is 1.67. The monoisotopic (exact) mass is 276 g/mol. The lowest BCUT2D eigenvalue weighted by Gasteiger charge is -2.14. The van der Waals surface area contributed by atoms with E-state index < -0.39 is 6.10 Å². The molecule has 98 valence electrons. The molecule has 0 aliphatic rings. The third-order valence-corrected chi connectivity index (χ3v) is 2.74. The van der Waals surface area contributed by atoms with Crippen molar-refractivity contribution in [1.29, 1.82) is 0 Å². The molecular weight excluding hydrogens is 264 g/mol. The first-order chi connectivity index (χ1) is 9.16. The first-order valence-electron chi connectivity index (χ1n) is 5.80. The molecular formula is C14H13ClN2O2. The van der Waals surface area contributed by atoms with Gasteiger partial charge in [-0.25, -0.2) is 4.98 Å². The minimum absolute atomic E-state index is 0.253. The Labute approximate surface area is 116 Å². The zero-order valence-corrected chi connectivity index (χ0v) is 11.1. The number of anilines is 1. The number of carbonyl (C=O) groups excluding carboxylic acids is 1. The Hall–Kier alpha value is -2.07. The summed E-state index contributed by atoms with van der Waals surface area (Å²) in [6, 6.07) is 12.5. The summed E-state index contributed by atoms with van der Waals surface area (Å²) in [4.78, 5) is 15.8. The predicted molar refractivity (Wildman–Crippen MR) is 74.4 cm³/mol. The molecule has 5 heteroatoms. The summed E-state index contributed by atoms with van der Waals surface area (Å²) in [5.74, 6) is 0.362. The standard InChI is InChI=1S/C14H13ClN2O2/c1-10(19-11-6-3-2-4-7-11)14(18)17-12-8-5-9-16-13(12)15/h2-10H,1H3,(H,17,18). The van der Waals surface area contributed by atoms with Crippen molar-refractivity contribution in [2.24, 2.45) is 0 Å². The number of halogens is 1. The molecule has 0 saturated carbocycles. The van der Waals surface area contributed by atoms with E-state index in [-0.39, 0.29) is 11.1 Å². The molecule has 0 aliphatic heterocycles. The third-order valence-electron chi connectivity index (χ3n) is 2.44. The van der Waals surface area contributed by atoms with Gasteiger partial charge in [-0.2, -0.15) is 0 Å². The smallest absolute Gasteiger partial charge is 0.265 e. The molecule has 19 heavy (non-hydrogen) atoms. The van der Waals surface area contributed by atoms with Crippen molar-refractivity contribution < 1.29 is 9.53 Å². The van der Waals surface area contributed by atoms with Crippen molar-refractivity contribution in [3.05, 3.63) is 53.8 Å². The number of nitrogens with zero attached hydrogens (tertiary/aromatic N) is 1. The highest BCUT2D eigenvalue weighted by atomic mass is 35.5. The van der Waals surface area contributed by atoms with Gasteiger partial charge < -0.3 is 10.1 Å². The zero-order valence-electron chi connectivity index (χ0n) is 10.3. The van der Waals surface area contributed by atoms with Crippen LogP contribution in [0.1, 0.15) is 6.92 Å². The Morgan fingerprint density at radius 1 is 1.26 bits per heavy atom. The number of ether oxygens (including phenoxy) is 1. The van der Waals surface area contributed by atoms with E-state index in [1.54, 1.807) is 37.4 Å². The highest BCUT2D eigenvalue weighted by Gasteiger charge is 2.15. The average Bonchev–Trinajstić information content (AvgIpc) is 2.42. The van der Waals surface area contributed by atoms with Gasteiger partial charge in [0.05, 0.1) is 5.69 Å². The van der Waals surface area contributed by atoms with Crippen molar-refractivity contribution in [3.63, 3.8) is 0 Å². The number of nitrogens with one attached hydrogen (secondary N) is 1. The van der Waals surface area contributed by atoms with E-state index in [1.807, 2.05) is 18.2 Å². The minimum Gasteiger partial charge on any atom is -0.481 e. The minimum atomic E-state index is -0.626. The normalized spacial score (nSPS) is 11.7. The van der Waals surface area contributed by atoms with Crippen molar-refractivity contribution in [1.82, 2.24) is 4.98 Å². The van der Waals surface area contributed by atoms with Gasteiger partial charge in [-0.15, -0.1) is 0 Å². The first kappa shape index (κ1) is 13.4. The molecule has 0 saturated heterocycles. The van der Waals surface area contributed by atoms with Crippen LogP contribution in [0.5, 0.6) is 5.75 Å². The maximum Gasteiger partial charge on any atom is 0.265 e. The fourth-order valence-corrected chi connectivity index (χ4v) is 1.64. The lowest BCUT2D eigenvalue weighted by atomic mass is 10.3. The van der Waals surface area contributed by atoms with Gasteiger partial charge in [0.15, 0.2) is 11.3 Å². The van der Waals surface area contributed by atoms with Crippen molar-refractivity contribution in [2.75, 3.05) is 5.32 Å². The van der Waals surface area contributed by atoms with Gasteiger partial charge >= 0.3 is 0 Å². The molecule has 0 spiro atoms. The predicted octanol–water partition coefficient (Wildman–Crippen LogP) is 3.14. The van der Waals surface area contributed by atoms with Gasteiger partial charge in [0.2, 0.25) is 0 Å². The van der Waals surface area contributed by atoms with Crippen LogP contribution in [0, 0.1) is 0 Å². The molecule has 1 aromatic heterocycles. The molecule has 0 aliphatic carbocycles. The van der Waals surface area contributed by atoms with E-state index >= 15 is 0 Å². The van der Waals surface area contributed by atoms with Crippen LogP contribution in [0.2, 0.25) is 5.15 Å². The maximum absolute atomic E-state index is 11.9. The number of para-hydroxylation sites is 1. The van der Waals surface area contributed by atoms with Gasteiger partial charge in [0, 0.05) is 6.20 Å². The molecule has 2 rings (SSSR count). The number of pyridine rings is 1. The van der Waals surface area contributed by atoms with Crippen LogP contribution in [0.4, 0.5) is 5.69 Å². The van der Waals surface area contributed by atoms with Gasteiger partial charge in [0.1, 0.15) is 5.75 Å². The summed E-state index contributed by atoms with van der Waals surface area (Å²) in [5, 5.41) is 2.92. The second-order valence-electron chi connectivity index (χ2n) is 3.90. The van der Waals surface area contributed by atoms with Crippen LogP contribution in [0.25, 0.3) is 0 Å². The quantitative estimate of drug-likeness (QED) is 0.873. The molecule has 1 unspecified atom stereocenters. The van der Waals surface area contributed by atoms with Gasteiger partial charge in [-0.05, 0) is 31.2 Å². The van der Waals surface area contributed by atoms with Crippen LogP contribution >= 0.6 is 11.6 Å². The molecule has 4 nitrogen and oxygen atoms in total. The molecule has 1 aromatic carbocycles. The van der Waals surface area contributed by atoms with Crippen LogP contribution in [0.15, 0.2) is 48.7 Å². The summed E-state index contributed by atoms with van der Waals surface area (Å²) >= 11 is 5.87. The summed E-state index contributed by atoms with van der Waals surface area (Å²) in [7, 11) is 0. The number of benzene rings is 1. The molecule has 0 fully saturated rings. The fourth-order valence-electron chi connectivity index (χ4n) is 1.47. The van der Waals surface area contributed by atoms with E-state index in [0.29, 0.717) is 11.4 Å². The van der Waals surface area contributed by atoms with Gasteiger partial charge in [-0.1, -0.05) is 29.8 Å². The maximum atomic E-state index is 11.9. The first-order valence-corrected chi connectivity index (χ1v) is 6.17. The van der Waals surface area contributed by atoms with Crippen LogP contribution in [-0.4, -0.2) is 17.0 Å². The number of rotatable bonds is 4. The van der Waals surface area contributed by atoms with E-state index in [0.717, 1.165) is 0 Å². The number of carbonyl (C=O) groups is 1. The molecule has 0 bridgehead atoms. The fraction of sp³-hybridized carbons (Fsp3) is 0.143. The number of hydrogen-bond acceptors (Lipinski definition) is 3. The number of aromatic nitrogens is 1. The SMILES string of the molecule is CC(Oc1ccccc1)C(=O)Nc1cccnc1Cl. The largest absolute Gasteiger partial charge is 0.481 e. The Balaban J connectivity index is 1.99. The molecule has 0 radical (unpaired) electrons. The lowest BCUT2D eigenvalue weighted by Crippen LogP contribution is -2.30. The summed E-state index contributed by atoms with van der Waals surface area (Å²) in [6.07, 6.45) is 0.931. The topological polar surface area (TPSA) is 51.2 Å². The molecule has 2 aromatic rings. The van der Waals surface area contributed by atoms with Crippen LogP contribution in [0.3, 0.4) is 0 Å². The zero-order chi connectivity index (χ0) is 13.7. The van der Waals surface area contributed by atoms with Gasteiger partial charge in [-0.3, -0.25) is 4.79 Å². The highest BCUT2D eigenvalue weighted by molar-refractivity contribution is 6.32. The summed E-state index contributed by atoms with van der Waals surface area (Å²) in [5.41, 5.74) is 0.470. The number of amides is 1. The molecule has 1 N–H and O–H groups in total. The lowest BCUT2D eigenvalue weighted by molar-refractivity contribution is -0.122. The Morgan fingerprint density at radius 2 is 2.00 bits per heavy atom. The van der Waals surface area contributed by atoms with E-state index in [9.17, 15) is 4.79 Å². The van der Waals surface area contributed by atoms with Crippen molar-refractivity contribution in [2.45, 2.75) is 13.0 Å². The summed E-state index contributed by atoms with van der Waals surface area (Å²) < 4.78 is 5.51. The average molecular weight is 277 g/mol. The van der Waals surface area contributed by atoms with E-state index in [1.165, 1.54) is 0 Å². The molecule has 1 atom stereocenters. The Kier molecular flexibility index (Phi) is 4.36. The van der Waals surface area contributed by atoms with E-state index in [4.69, 9.17) is 16.3 Å². The molecule has 1 amide bonds. The third kappa shape index (κ3) is 3.69.